The molecule has 3 nitrogen and oxygen atoms in total. The van der Waals surface area contributed by atoms with Crippen LogP contribution in [0, 0.1) is 0 Å². The van der Waals surface area contributed by atoms with E-state index < -0.39 is 0 Å². The average Bonchev–Trinajstić information content (AvgIpc) is 2.38. The summed E-state index contributed by atoms with van der Waals surface area (Å²) in [5.74, 6) is 0.232. The first-order valence-corrected chi connectivity index (χ1v) is 6.84. The fraction of sp³-hybridized carbons (Fsp3) is 0.533. The zero-order valence-corrected chi connectivity index (χ0v) is 11.3. The van der Waals surface area contributed by atoms with Gasteiger partial charge in [0.25, 0.3) is 0 Å². The third-order valence-corrected chi connectivity index (χ3v) is 3.56. The topological polar surface area (TPSA) is 32.3 Å². The van der Waals surface area contributed by atoms with Gasteiger partial charge in [-0.3, -0.25) is 4.79 Å². The molecule has 0 fully saturated rings. The number of amides is 1. The maximum atomic E-state index is 12.3. The maximum absolute atomic E-state index is 12.3. The van der Waals surface area contributed by atoms with Crippen LogP contribution in [0.3, 0.4) is 0 Å². The van der Waals surface area contributed by atoms with Crippen molar-refractivity contribution in [3.63, 3.8) is 0 Å². The second-order valence-corrected chi connectivity index (χ2v) is 4.88. The second kappa shape index (κ2) is 6.01. The van der Waals surface area contributed by atoms with Crippen molar-refractivity contribution in [3.05, 3.63) is 29.8 Å². The van der Waals surface area contributed by atoms with Crippen LogP contribution in [-0.2, 0) is 11.2 Å². The summed E-state index contributed by atoms with van der Waals surface area (Å²) >= 11 is 0. The van der Waals surface area contributed by atoms with E-state index in [4.69, 9.17) is 0 Å². The van der Waals surface area contributed by atoms with Gasteiger partial charge in [0.2, 0.25) is 5.91 Å². The van der Waals surface area contributed by atoms with E-state index in [1.54, 1.807) is 0 Å². The summed E-state index contributed by atoms with van der Waals surface area (Å²) in [4.78, 5) is 14.3. The Labute approximate surface area is 109 Å². The third-order valence-electron chi connectivity index (χ3n) is 3.56. The summed E-state index contributed by atoms with van der Waals surface area (Å²) in [6.45, 7) is 5.88. The SMILES string of the molecule is CCNCCC(=O)N1c2ccccc2CCC1C. The first kappa shape index (κ1) is 13.1. The molecular weight excluding hydrogens is 224 g/mol. The molecule has 0 radical (unpaired) electrons. The highest BCUT2D eigenvalue weighted by atomic mass is 16.2. The van der Waals surface area contributed by atoms with E-state index in [0.29, 0.717) is 12.5 Å². The zero-order valence-electron chi connectivity index (χ0n) is 11.3. The van der Waals surface area contributed by atoms with Gasteiger partial charge < -0.3 is 10.2 Å². The number of para-hydroxylation sites is 1. The summed E-state index contributed by atoms with van der Waals surface area (Å²) < 4.78 is 0. The molecule has 98 valence electrons. The van der Waals surface area contributed by atoms with Gasteiger partial charge in [-0.2, -0.15) is 0 Å². The smallest absolute Gasteiger partial charge is 0.228 e. The molecule has 1 atom stereocenters. The van der Waals surface area contributed by atoms with Gasteiger partial charge in [-0.15, -0.1) is 0 Å². The van der Waals surface area contributed by atoms with E-state index >= 15 is 0 Å². The van der Waals surface area contributed by atoms with Crippen molar-refractivity contribution in [3.8, 4) is 0 Å². The fourth-order valence-electron chi connectivity index (χ4n) is 2.56. The van der Waals surface area contributed by atoms with Gasteiger partial charge in [0.15, 0.2) is 0 Å². The Morgan fingerprint density at radius 1 is 1.44 bits per heavy atom. The van der Waals surface area contributed by atoms with E-state index in [9.17, 15) is 4.79 Å². The molecule has 0 aliphatic carbocycles. The van der Waals surface area contributed by atoms with Crippen molar-refractivity contribution in [1.82, 2.24) is 5.32 Å². The van der Waals surface area contributed by atoms with Crippen LogP contribution in [0.5, 0.6) is 0 Å². The molecule has 1 heterocycles. The minimum absolute atomic E-state index is 0.232. The molecule has 0 bridgehead atoms. The predicted octanol–water partition coefficient (Wildman–Crippen LogP) is 2.35. The lowest BCUT2D eigenvalue weighted by molar-refractivity contribution is -0.119. The predicted molar refractivity (Wildman–Crippen MR) is 74.9 cm³/mol. The summed E-state index contributed by atoms with van der Waals surface area (Å²) in [6, 6.07) is 8.58. The van der Waals surface area contributed by atoms with Gasteiger partial charge in [0.1, 0.15) is 0 Å². The number of hydrogen-bond donors (Lipinski definition) is 1. The van der Waals surface area contributed by atoms with Crippen LogP contribution >= 0.6 is 0 Å². The summed E-state index contributed by atoms with van der Waals surface area (Å²) in [7, 11) is 0. The van der Waals surface area contributed by atoms with Crippen molar-refractivity contribution in [2.24, 2.45) is 0 Å². The summed E-state index contributed by atoms with van der Waals surface area (Å²) in [5.41, 5.74) is 2.41. The zero-order chi connectivity index (χ0) is 13.0. The number of rotatable bonds is 4. The lowest BCUT2D eigenvalue weighted by atomic mass is 9.96. The molecule has 18 heavy (non-hydrogen) atoms. The number of carbonyl (C=O) groups is 1. The largest absolute Gasteiger partial charge is 0.316 e. The molecule has 1 aliphatic rings. The lowest BCUT2D eigenvalue weighted by Crippen LogP contribution is -2.43. The molecule has 1 unspecified atom stereocenters. The van der Waals surface area contributed by atoms with Gasteiger partial charge >= 0.3 is 0 Å². The average molecular weight is 246 g/mol. The molecular formula is C15H22N2O. The number of nitrogens with one attached hydrogen (secondary N) is 1. The summed E-state index contributed by atoms with van der Waals surface area (Å²) in [6.07, 6.45) is 2.71. The van der Waals surface area contributed by atoms with Crippen LogP contribution in [0.15, 0.2) is 24.3 Å². The normalized spacial score (nSPS) is 18.6. The molecule has 1 amide bonds. The van der Waals surface area contributed by atoms with Crippen molar-refractivity contribution >= 4 is 11.6 Å². The van der Waals surface area contributed by atoms with E-state index in [-0.39, 0.29) is 5.91 Å². The Bertz CT molecular complexity index is 417. The van der Waals surface area contributed by atoms with E-state index in [1.165, 1.54) is 5.56 Å². The number of carbonyl (C=O) groups excluding carboxylic acids is 1. The molecule has 1 aliphatic heterocycles. The number of hydrogen-bond acceptors (Lipinski definition) is 2. The molecule has 0 saturated heterocycles. The highest BCUT2D eigenvalue weighted by Gasteiger charge is 2.27. The van der Waals surface area contributed by atoms with E-state index in [1.807, 2.05) is 11.0 Å². The van der Waals surface area contributed by atoms with Crippen LogP contribution in [0.1, 0.15) is 32.3 Å². The second-order valence-electron chi connectivity index (χ2n) is 4.88. The lowest BCUT2D eigenvalue weighted by Gasteiger charge is -2.35. The number of aryl methyl sites for hydroxylation is 1. The Morgan fingerprint density at radius 2 is 2.22 bits per heavy atom. The Balaban J connectivity index is 2.13. The van der Waals surface area contributed by atoms with Crippen LogP contribution in [0.25, 0.3) is 0 Å². The Hall–Kier alpha value is -1.35. The molecule has 3 heteroatoms. The van der Waals surface area contributed by atoms with Gasteiger partial charge in [0, 0.05) is 24.7 Å². The van der Waals surface area contributed by atoms with E-state index in [2.05, 4.69) is 37.4 Å². The standard InChI is InChI=1S/C15H22N2O/c1-3-16-11-10-15(18)17-12(2)8-9-13-6-4-5-7-14(13)17/h4-7,12,16H,3,8-11H2,1-2H3. The molecule has 1 aromatic carbocycles. The minimum Gasteiger partial charge on any atom is -0.316 e. The number of anilines is 1. The maximum Gasteiger partial charge on any atom is 0.228 e. The van der Waals surface area contributed by atoms with Crippen molar-refractivity contribution in [1.29, 1.82) is 0 Å². The number of benzene rings is 1. The van der Waals surface area contributed by atoms with Crippen LogP contribution in [-0.4, -0.2) is 25.0 Å². The minimum atomic E-state index is 0.232. The molecule has 0 spiro atoms. The van der Waals surface area contributed by atoms with Gasteiger partial charge in [0.05, 0.1) is 0 Å². The van der Waals surface area contributed by atoms with Crippen molar-refractivity contribution < 1.29 is 4.79 Å². The van der Waals surface area contributed by atoms with Crippen LogP contribution < -0.4 is 10.2 Å². The van der Waals surface area contributed by atoms with Gasteiger partial charge in [-0.05, 0) is 37.9 Å². The fourth-order valence-corrected chi connectivity index (χ4v) is 2.56. The Kier molecular flexibility index (Phi) is 4.37. The van der Waals surface area contributed by atoms with Crippen LogP contribution in [0.4, 0.5) is 5.69 Å². The highest BCUT2D eigenvalue weighted by Crippen LogP contribution is 2.30. The molecule has 2 rings (SSSR count). The Morgan fingerprint density at radius 3 is 3.00 bits per heavy atom. The molecule has 1 N–H and O–H groups in total. The number of fused-ring (bicyclic) bond motifs is 1. The first-order chi connectivity index (χ1) is 8.74. The van der Waals surface area contributed by atoms with Crippen LogP contribution in [0.2, 0.25) is 0 Å². The summed E-state index contributed by atoms with van der Waals surface area (Å²) in [5, 5.41) is 3.21. The number of nitrogens with zero attached hydrogens (tertiary/aromatic N) is 1. The van der Waals surface area contributed by atoms with Crippen molar-refractivity contribution in [2.45, 2.75) is 39.2 Å². The molecule has 0 saturated carbocycles. The highest BCUT2D eigenvalue weighted by molar-refractivity contribution is 5.95. The van der Waals surface area contributed by atoms with E-state index in [0.717, 1.165) is 31.6 Å². The van der Waals surface area contributed by atoms with Crippen molar-refractivity contribution in [2.75, 3.05) is 18.0 Å². The quantitative estimate of drug-likeness (QED) is 0.827. The first-order valence-electron chi connectivity index (χ1n) is 6.84. The third kappa shape index (κ3) is 2.72. The molecule has 1 aromatic rings. The van der Waals surface area contributed by atoms with Gasteiger partial charge in [-0.1, -0.05) is 25.1 Å². The molecule has 0 aromatic heterocycles. The monoisotopic (exact) mass is 246 g/mol. The van der Waals surface area contributed by atoms with Gasteiger partial charge in [-0.25, -0.2) is 0 Å².